The van der Waals surface area contributed by atoms with Gasteiger partial charge in [-0.25, -0.2) is 4.98 Å². The fourth-order valence-electron chi connectivity index (χ4n) is 2.08. The number of thiazole rings is 1. The molecular weight excluding hydrogens is 320 g/mol. The summed E-state index contributed by atoms with van der Waals surface area (Å²) in [6, 6.07) is 0. The molecule has 2 rings (SSSR count). The van der Waals surface area contributed by atoms with Crippen molar-refractivity contribution >= 4 is 38.3 Å². The molecule has 0 atom stereocenters. The SMILES string of the molecule is CN(CCCCl)S(=O)(=O)N1CCN(c2nccs2)CC1. The number of rotatable bonds is 6. The standard InChI is InChI=1S/C11H19ClN4O2S2/c1-14(5-2-3-12)20(17,18)16-8-6-15(7-9-16)11-13-4-10-19-11/h4,10H,2-3,5-9H2,1H3. The van der Waals surface area contributed by atoms with E-state index in [0.717, 1.165) is 5.13 Å². The van der Waals surface area contributed by atoms with Crippen LogP contribution in [0.15, 0.2) is 11.6 Å². The fourth-order valence-corrected chi connectivity index (χ4v) is 4.27. The van der Waals surface area contributed by atoms with Gasteiger partial charge < -0.3 is 4.90 Å². The molecule has 6 nitrogen and oxygen atoms in total. The molecule has 1 aromatic heterocycles. The van der Waals surface area contributed by atoms with Crippen molar-refractivity contribution in [2.75, 3.05) is 50.6 Å². The fraction of sp³-hybridized carbons (Fsp3) is 0.727. The summed E-state index contributed by atoms with van der Waals surface area (Å²) in [6.45, 7) is 2.80. The minimum Gasteiger partial charge on any atom is -0.345 e. The Morgan fingerprint density at radius 2 is 2.10 bits per heavy atom. The zero-order chi connectivity index (χ0) is 14.6. The molecule has 1 saturated heterocycles. The van der Waals surface area contributed by atoms with Crippen molar-refractivity contribution in [3.63, 3.8) is 0 Å². The van der Waals surface area contributed by atoms with E-state index in [1.165, 1.54) is 8.61 Å². The van der Waals surface area contributed by atoms with Gasteiger partial charge in [-0.2, -0.15) is 17.0 Å². The summed E-state index contributed by atoms with van der Waals surface area (Å²) in [5.74, 6) is 0.470. The number of nitrogens with zero attached hydrogens (tertiary/aromatic N) is 4. The Bertz CT molecular complexity index is 501. The maximum Gasteiger partial charge on any atom is 0.281 e. The normalized spacial score (nSPS) is 17.9. The molecule has 20 heavy (non-hydrogen) atoms. The van der Waals surface area contributed by atoms with E-state index in [2.05, 4.69) is 9.88 Å². The zero-order valence-corrected chi connectivity index (χ0v) is 13.8. The van der Waals surface area contributed by atoms with E-state index < -0.39 is 10.2 Å². The highest BCUT2D eigenvalue weighted by molar-refractivity contribution is 7.86. The molecule has 2 heterocycles. The number of aromatic nitrogens is 1. The minimum atomic E-state index is -3.36. The summed E-state index contributed by atoms with van der Waals surface area (Å²) < 4.78 is 27.6. The number of hydrogen-bond acceptors (Lipinski definition) is 5. The van der Waals surface area contributed by atoms with Crippen molar-refractivity contribution in [3.8, 4) is 0 Å². The summed E-state index contributed by atoms with van der Waals surface area (Å²) >= 11 is 7.19. The van der Waals surface area contributed by atoms with Gasteiger partial charge in [-0.1, -0.05) is 0 Å². The monoisotopic (exact) mass is 338 g/mol. The van der Waals surface area contributed by atoms with E-state index in [9.17, 15) is 8.42 Å². The minimum absolute atomic E-state index is 0.457. The highest BCUT2D eigenvalue weighted by Crippen LogP contribution is 2.20. The first-order chi connectivity index (χ1) is 9.55. The van der Waals surface area contributed by atoms with Crippen LogP contribution in [-0.2, 0) is 10.2 Å². The lowest BCUT2D eigenvalue weighted by Gasteiger charge is -2.35. The molecule has 0 spiro atoms. The highest BCUT2D eigenvalue weighted by Gasteiger charge is 2.30. The Hall–Kier alpha value is -0.410. The van der Waals surface area contributed by atoms with Crippen molar-refractivity contribution in [3.05, 3.63) is 11.6 Å². The van der Waals surface area contributed by atoms with Crippen LogP contribution in [-0.4, -0.2) is 67.7 Å². The van der Waals surface area contributed by atoms with Crippen molar-refractivity contribution in [1.82, 2.24) is 13.6 Å². The lowest BCUT2D eigenvalue weighted by Crippen LogP contribution is -2.52. The molecule has 0 bridgehead atoms. The van der Waals surface area contributed by atoms with Crippen molar-refractivity contribution in [1.29, 1.82) is 0 Å². The van der Waals surface area contributed by atoms with Crippen LogP contribution in [0.4, 0.5) is 5.13 Å². The van der Waals surface area contributed by atoms with E-state index in [0.29, 0.717) is 45.0 Å². The third kappa shape index (κ3) is 3.62. The number of alkyl halides is 1. The summed E-state index contributed by atoms with van der Waals surface area (Å²) in [4.78, 5) is 6.37. The Morgan fingerprint density at radius 1 is 1.40 bits per heavy atom. The Morgan fingerprint density at radius 3 is 2.65 bits per heavy atom. The lowest BCUT2D eigenvalue weighted by molar-refractivity contribution is 0.342. The van der Waals surface area contributed by atoms with Crippen LogP contribution in [0.25, 0.3) is 0 Å². The topological polar surface area (TPSA) is 56.8 Å². The van der Waals surface area contributed by atoms with Crippen LogP contribution < -0.4 is 4.90 Å². The molecule has 1 aliphatic rings. The third-order valence-electron chi connectivity index (χ3n) is 3.26. The molecule has 114 valence electrons. The molecule has 0 amide bonds. The molecule has 0 unspecified atom stereocenters. The Kier molecular flexibility index (Phi) is 5.62. The number of piperazine rings is 1. The Balaban J connectivity index is 1.92. The number of hydrogen-bond donors (Lipinski definition) is 0. The van der Waals surface area contributed by atoms with Gasteiger partial charge >= 0.3 is 0 Å². The smallest absolute Gasteiger partial charge is 0.281 e. The van der Waals surface area contributed by atoms with Crippen molar-refractivity contribution in [2.45, 2.75) is 6.42 Å². The van der Waals surface area contributed by atoms with Gasteiger partial charge in [-0.05, 0) is 6.42 Å². The van der Waals surface area contributed by atoms with E-state index in [1.807, 2.05) is 5.38 Å². The van der Waals surface area contributed by atoms with Gasteiger partial charge in [0.15, 0.2) is 5.13 Å². The maximum absolute atomic E-state index is 12.4. The van der Waals surface area contributed by atoms with Gasteiger partial charge in [0.25, 0.3) is 10.2 Å². The van der Waals surface area contributed by atoms with Crippen LogP contribution in [0.3, 0.4) is 0 Å². The van der Waals surface area contributed by atoms with Crippen molar-refractivity contribution < 1.29 is 8.42 Å². The number of anilines is 1. The second-order valence-corrected chi connectivity index (χ2v) is 7.86. The molecule has 1 aliphatic heterocycles. The van der Waals surface area contributed by atoms with Gasteiger partial charge in [0, 0.05) is 57.2 Å². The van der Waals surface area contributed by atoms with Crippen LogP contribution in [0.2, 0.25) is 0 Å². The van der Waals surface area contributed by atoms with E-state index in [-0.39, 0.29) is 0 Å². The first-order valence-corrected chi connectivity index (χ1v) is 9.28. The molecule has 0 aliphatic carbocycles. The predicted molar refractivity (Wildman–Crippen MR) is 82.8 cm³/mol. The lowest BCUT2D eigenvalue weighted by atomic mass is 10.4. The molecule has 1 fully saturated rings. The summed E-state index contributed by atoms with van der Waals surface area (Å²) in [6.07, 6.45) is 2.43. The molecule has 0 radical (unpaired) electrons. The summed E-state index contributed by atoms with van der Waals surface area (Å²) in [5.41, 5.74) is 0. The largest absolute Gasteiger partial charge is 0.345 e. The van der Waals surface area contributed by atoms with E-state index in [1.54, 1.807) is 24.6 Å². The van der Waals surface area contributed by atoms with Crippen LogP contribution in [0.1, 0.15) is 6.42 Å². The quantitative estimate of drug-likeness (QED) is 0.728. The van der Waals surface area contributed by atoms with Crippen LogP contribution >= 0.6 is 22.9 Å². The van der Waals surface area contributed by atoms with E-state index >= 15 is 0 Å². The Labute approximate surface area is 129 Å². The zero-order valence-electron chi connectivity index (χ0n) is 11.4. The summed E-state index contributed by atoms with van der Waals surface area (Å²) in [7, 11) is -1.76. The van der Waals surface area contributed by atoms with Gasteiger partial charge in [0.2, 0.25) is 0 Å². The average Bonchev–Trinajstić information content (AvgIpc) is 2.99. The molecule has 9 heteroatoms. The first-order valence-electron chi connectivity index (χ1n) is 6.47. The van der Waals surface area contributed by atoms with Crippen molar-refractivity contribution in [2.24, 2.45) is 0 Å². The summed E-state index contributed by atoms with van der Waals surface area (Å²) in [5, 5.41) is 2.89. The van der Waals surface area contributed by atoms with Gasteiger partial charge in [-0.15, -0.1) is 22.9 Å². The van der Waals surface area contributed by atoms with Crippen LogP contribution in [0, 0.1) is 0 Å². The molecule has 0 saturated carbocycles. The number of halogens is 1. The second kappa shape index (κ2) is 7.04. The molecule has 0 aromatic carbocycles. The van der Waals surface area contributed by atoms with E-state index in [4.69, 9.17) is 11.6 Å². The van der Waals surface area contributed by atoms with Crippen LogP contribution in [0.5, 0.6) is 0 Å². The maximum atomic E-state index is 12.4. The second-order valence-electron chi connectivity index (χ2n) is 4.57. The average molecular weight is 339 g/mol. The predicted octanol–water partition coefficient (Wildman–Crippen LogP) is 1.07. The van der Waals surface area contributed by atoms with Gasteiger partial charge in [-0.3, -0.25) is 0 Å². The molecular formula is C11H19ClN4O2S2. The van der Waals surface area contributed by atoms with Gasteiger partial charge in [0.05, 0.1) is 0 Å². The van der Waals surface area contributed by atoms with Gasteiger partial charge in [0.1, 0.15) is 0 Å². The molecule has 0 N–H and O–H groups in total. The first kappa shape index (κ1) is 16.0. The highest BCUT2D eigenvalue weighted by atomic mass is 35.5. The third-order valence-corrected chi connectivity index (χ3v) is 6.34. The molecule has 1 aromatic rings.